The van der Waals surface area contributed by atoms with Crippen LogP contribution in [-0.2, 0) is 6.42 Å². The molecule has 0 amide bonds. The van der Waals surface area contributed by atoms with Gasteiger partial charge in [0.05, 0.1) is 11.4 Å². The van der Waals surface area contributed by atoms with Crippen molar-refractivity contribution in [2.45, 2.75) is 19.3 Å². The minimum atomic E-state index is -0.519. The fourth-order valence-corrected chi connectivity index (χ4v) is 3.66. The third-order valence-electron chi connectivity index (χ3n) is 4.78. The summed E-state index contributed by atoms with van der Waals surface area (Å²) in [6.45, 7) is 2.09. The van der Waals surface area contributed by atoms with Crippen molar-refractivity contribution in [2.24, 2.45) is 5.73 Å². The summed E-state index contributed by atoms with van der Waals surface area (Å²) >= 11 is 6.50. The molecule has 1 aliphatic rings. The first kappa shape index (κ1) is 17.2. The van der Waals surface area contributed by atoms with Gasteiger partial charge in [0.2, 0.25) is 5.88 Å². The highest BCUT2D eigenvalue weighted by Crippen LogP contribution is 2.45. The second-order valence-corrected chi connectivity index (χ2v) is 6.75. The van der Waals surface area contributed by atoms with Crippen molar-refractivity contribution >= 4 is 22.5 Å². The maximum atomic E-state index is 9.77. The monoisotopic (exact) mass is 377 g/mol. The number of nitriles is 1. The Kier molecular flexibility index (Phi) is 4.14. The summed E-state index contributed by atoms with van der Waals surface area (Å²) < 4.78 is 5.54. The number of rotatable bonds is 2. The van der Waals surface area contributed by atoms with Crippen LogP contribution in [0.15, 0.2) is 53.9 Å². The highest BCUT2D eigenvalue weighted by atomic mass is 35.5. The zero-order chi connectivity index (χ0) is 19.1. The average molecular weight is 378 g/mol. The smallest absolute Gasteiger partial charge is 0.205 e. The summed E-state index contributed by atoms with van der Waals surface area (Å²) in [5.74, 6) is -0.0703. The molecule has 0 fully saturated rings. The maximum absolute atomic E-state index is 9.77. The normalized spacial score (nSPS) is 16.0. The van der Waals surface area contributed by atoms with E-state index in [1.807, 2.05) is 18.2 Å². The van der Waals surface area contributed by atoms with Gasteiger partial charge in [-0.15, -0.1) is 0 Å². The van der Waals surface area contributed by atoms with Gasteiger partial charge in [0.15, 0.2) is 0 Å². The maximum Gasteiger partial charge on any atom is 0.205 e. The van der Waals surface area contributed by atoms with Gasteiger partial charge in [-0.25, -0.2) is 4.98 Å². The first-order valence-corrected chi connectivity index (χ1v) is 8.89. The van der Waals surface area contributed by atoms with Gasteiger partial charge in [-0.2, -0.15) is 5.26 Å². The molecule has 5 nitrogen and oxygen atoms in total. The van der Waals surface area contributed by atoms with Crippen molar-refractivity contribution in [3.8, 4) is 17.6 Å². The Balaban J connectivity index is 1.98. The lowest BCUT2D eigenvalue weighted by atomic mass is 9.83. The average Bonchev–Trinajstić information content (AvgIpc) is 2.66. The van der Waals surface area contributed by atoms with E-state index < -0.39 is 5.92 Å². The van der Waals surface area contributed by atoms with E-state index in [-0.39, 0.29) is 17.2 Å². The SMILES string of the molecule is CCc1ccc2nc(Cl)c(C3C(C#N)=C(N)Oc4cc(O)ccc43)cc2c1. The molecule has 6 heteroatoms. The highest BCUT2D eigenvalue weighted by Gasteiger charge is 2.32. The van der Waals surface area contributed by atoms with Crippen molar-refractivity contribution in [2.75, 3.05) is 0 Å². The predicted molar refractivity (Wildman–Crippen MR) is 104 cm³/mol. The van der Waals surface area contributed by atoms with E-state index in [0.29, 0.717) is 22.0 Å². The summed E-state index contributed by atoms with van der Waals surface area (Å²) in [6, 6.07) is 14.8. The van der Waals surface area contributed by atoms with Crippen LogP contribution in [-0.4, -0.2) is 10.1 Å². The third-order valence-corrected chi connectivity index (χ3v) is 5.08. The molecule has 2 aromatic carbocycles. The Labute approximate surface area is 161 Å². The highest BCUT2D eigenvalue weighted by molar-refractivity contribution is 6.30. The van der Waals surface area contributed by atoms with Crippen LogP contribution < -0.4 is 10.5 Å². The minimum Gasteiger partial charge on any atom is -0.508 e. The first-order valence-electron chi connectivity index (χ1n) is 8.51. The molecule has 3 N–H and O–H groups in total. The molecule has 0 aliphatic carbocycles. The van der Waals surface area contributed by atoms with Crippen molar-refractivity contribution in [3.05, 3.63) is 75.8 Å². The number of halogens is 1. The van der Waals surface area contributed by atoms with Gasteiger partial charge < -0.3 is 15.6 Å². The van der Waals surface area contributed by atoms with Gasteiger partial charge in [-0.05, 0) is 36.2 Å². The summed E-state index contributed by atoms with van der Waals surface area (Å²) in [4.78, 5) is 4.51. The largest absolute Gasteiger partial charge is 0.508 e. The fraction of sp³-hybridized carbons (Fsp3) is 0.143. The summed E-state index contributed by atoms with van der Waals surface area (Å²) in [7, 11) is 0. The molecule has 134 valence electrons. The zero-order valence-corrected chi connectivity index (χ0v) is 15.3. The molecule has 1 unspecified atom stereocenters. The second kappa shape index (κ2) is 6.49. The number of aryl methyl sites for hydroxylation is 1. The lowest BCUT2D eigenvalue weighted by molar-refractivity contribution is 0.388. The number of aromatic nitrogens is 1. The van der Waals surface area contributed by atoms with E-state index in [1.54, 1.807) is 12.1 Å². The Morgan fingerprint density at radius 1 is 1.22 bits per heavy atom. The van der Waals surface area contributed by atoms with Crippen molar-refractivity contribution in [1.29, 1.82) is 5.26 Å². The van der Waals surface area contributed by atoms with Gasteiger partial charge in [0.25, 0.3) is 0 Å². The number of nitrogens with two attached hydrogens (primary N) is 1. The molecule has 1 aromatic heterocycles. The second-order valence-electron chi connectivity index (χ2n) is 6.40. The molecule has 0 bridgehead atoms. The van der Waals surface area contributed by atoms with Crippen LogP contribution in [0.5, 0.6) is 11.5 Å². The number of hydrogen-bond acceptors (Lipinski definition) is 5. The van der Waals surface area contributed by atoms with Crippen LogP contribution in [0.3, 0.4) is 0 Å². The first-order chi connectivity index (χ1) is 13.0. The van der Waals surface area contributed by atoms with E-state index in [9.17, 15) is 10.4 Å². The predicted octanol–water partition coefficient (Wildman–Crippen LogP) is 4.37. The molecule has 3 aromatic rings. The van der Waals surface area contributed by atoms with Gasteiger partial charge >= 0.3 is 0 Å². The summed E-state index contributed by atoms with van der Waals surface area (Å²) in [6.07, 6.45) is 0.906. The molecule has 2 heterocycles. The quantitative estimate of drug-likeness (QED) is 0.647. The molecule has 0 saturated carbocycles. The van der Waals surface area contributed by atoms with Gasteiger partial charge in [-0.1, -0.05) is 30.7 Å². The Hall–Kier alpha value is -3.23. The van der Waals surface area contributed by atoms with E-state index in [4.69, 9.17) is 22.1 Å². The number of fused-ring (bicyclic) bond motifs is 2. The standard InChI is InChI=1S/C21H16ClN3O2/c1-2-11-3-6-17-12(7-11)8-15(20(22)25-17)19-14-5-4-13(26)9-18(14)27-21(24)16(19)10-23/h3-9,19,26H,2,24H2,1H3. The number of aromatic hydroxyl groups is 1. The number of benzene rings is 2. The number of ether oxygens (including phenoxy) is 1. The van der Waals surface area contributed by atoms with Gasteiger partial charge in [-0.3, -0.25) is 0 Å². The lowest BCUT2D eigenvalue weighted by Crippen LogP contribution is -2.21. The van der Waals surface area contributed by atoms with Gasteiger partial charge in [0.1, 0.15) is 28.3 Å². The molecule has 0 saturated heterocycles. The van der Waals surface area contributed by atoms with Crippen LogP contribution in [0.4, 0.5) is 0 Å². The topological polar surface area (TPSA) is 92.2 Å². The molecule has 1 atom stereocenters. The Morgan fingerprint density at radius 2 is 2.04 bits per heavy atom. The number of pyridine rings is 1. The van der Waals surface area contributed by atoms with Crippen LogP contribution in [0.1, 0.15) is 29.5 Å². The number of phenolic OH excluding ortho intramolecular Hbond substituents is 1. The van der Waals surface area contributed by atoms with E-state index in [2.05, 4.69) is 24.0 Å². The van der Waals surface area contributed by atoms with Crippen LogP contribution in [0.25, 0.3) is 10.9 Å². The molecular weight excluding hydrogens is 362 g/mol. The number of allylic oxidation sites excluding steroid dienone is 1. The van der Waals surface area contributed by atoms with Crippen LogP contribution in [0.2, 0.25) is 5.15 Å². The molecule has 4 rings (SSSR count). The minimum absolute atomic E-state index is 0.000859. The number of hydrogen-bond donors (Lipinski definition) is 2. The number of nitrogens with zero attached hydrogens (tertiary/aromatic N) is 2. The van der Waals surface area contributed by atoms with Crippen LogP contribution >= 0.6 is 11.6 Å². The van der Waals surface area contributed by atoms with Crippen molar-refractivity contribution in [3.63, 3.8) is 0 Å². The summed E-state index contributed by atoms with van der Waals surface area (Å²) in [5.41, 5.74) is 9.59. The number of phenols is 1. The fourth-order valence-electron chi connectivity index (χ4n) is 3.40. The zero-order valence-electron chi connectivity index (χ0n) is 14.5. The summed E-state index contributed by atoms with van der Waals surface area (Å²) in [5, 5.41) is 20.7. The van der Waals surface area contributed by atoms with E-state index in [0.717, 1.165) is 17.3 Å². The molecule has 1 aliphatic heterocycles. The van der Waals surface area contributed by atoms with Crippen molar-refractivity contribution < 1.29 is 9.84 Å². The van der Waals surface area contributed by atoms with E-state index >= 15 is 0 Å². The third kappa shape index (κ3) is 2.84. The van der Waals surface area contributed by atoms with Crippen molar-refractivity contribution in [1.82, 2.24) is 4.98 Å². The molecular formula is C21H16ClN3O2. The van der Waals surface area contributed by atoms with E-state index in [1.165, 1.54) is 11.6 Å². The van der Waals surface area contributed by atoms with Gasteiger partial charge in [0, 0.05) is 22.6 Å². The lowest BCUT2D eigenvalue weighted by Gasteiger charge is -2.27. The van der Waals surface area contributed by atoms with Crippen LogP contribution in [0, 0.1) is 11.3 Å². The Bertz CT molecular complexity index is 1150. The molecule has 0 spiro atoms. The Morgan fingerprint density at radius 3 is 2.78 bits per heavy atom. The molecule has 0 radical (unpaired) electrons. The molecule has 27 heavy (non-hydrogen) atoms.